The third kappa shape index (κ3) is 2.86. The maximum absolute atomic E-state index is 5.80. The molecule has 1 unspecified atom stereocenters. The summed E-state index contributed by atoms with van der Waals surface area (Å²) in [4.78, 5) is 1.19. The van der Waals surface area contributed by atoms with Crippen molar-refractivity contribution in [2.75, 3.05) is 5.73 Å². The first-order valence-electron chi connectivity index (χ1n) is 3.89. The van der Waals surface area contributed by atoms with Crippen LogP contribution in [0.3, 0.4) is 0 Å². The highest BCUT2D eigenvalue weighted by Gasteiger charge is 2.04. The molecule has 0 aromatic heterocycles. The van der Waals surface area contributed by atoms with E-state index in [1.807, 2.05) is 30.0 Å². The molecule has 0 aliphatic carbocycles. The molecule has 0 aliphatic heterocycles. The van der Waals surface area contributed by atoms with Crippen LogP contribution in [0.25, 0.3) is 0 Å². The molecule has 66 valence electrons. The first kappa shape index (κ1) is 10.2. The fourth-order valence-electron chi connectivity index (χ4n) is 0.809. The number of nitrogens with two attached hydrogens (primary N) is 1. The van der Waals surface area contributed by atoms with Crippen LogP contribution in [0.15, 0.2) is 29.2 Å². The van der Waals surface area contributed by atoms with Crippen molar-refractivity contribution in [1.82, 2.24) is 0 Å². The second kappa shape index (κ2) is 4.97. The number of rotatable bonds is 3. The Morgan fingerprint density at radius 1 is 1.50 bits per heavy atom. The van der Waals surface area contributed by atoms with Gasteiger partial charge in [-0.25, -0.2) is 0 Å². The van der Waals surface area contributed by atoms with Crippen LogP contribution in [0.5, 0.6) is 0 Å². The summed E-state index contributed by atoms with van der Waals surface area (Å²) < 4.78 is 0.618. The van der Waals surface area contributed by atoms with Gasteiger partial charge in [0, 0.05) is 10.6 Å². The predicted octanol–water partition coefficient (Wildman–Crippen LogP) is 3.53. The molecule has 0 heterocycles. The van der Waals surface area contributed by atoms with Gasteiger partial charge >= 0.3 is 0 Å². The molecule has 1 aromatic carbocycles. The Labute approximate surface area is 91.3 Å². The normalized spacial score (nSPS) is 12.8. The standard InChI is InChI=1S/C9H12INS/c1-2-9(10)12-8-6-4-3-5-7(8)11/h3-6,9H,2,11H2,1H3. The number of hydrogen-bond acceptors (Lipinski definition) is 2. The molecule has 0 spiro atoms. The van der Waals surface area contributed by atoms with Crippen LogP contribution in [0.4, 0.5) is 5.69 Å². The number of nitrogen functional groups attached to an aromatic ring is 1. The van der Waals surface area contributed by atoms with Crippen LogP contribution < -0.4 is 5.73 Å². The zero-order chi connectivity index (χ0) is 8.97. The van der Waals surface area contributed by atoms with E-state index >= 15 is 0 Å². The summed E-state index contributed by atoms with van der Waals surface area (Å²) in [6.07, 6.45) is 1.17. The van der Waals surface area contributed by atoms with Crippen molar-refractivity contribution in [2.24, 2.45) is 0 Å². The lowest BCUT2D eigenvalue weighted by atomic mass is 10.3. The lowest BCUT2D eigenvalue weighted by Crippen LogP contribution is -1.91. The van der Waals surface area contributed by atoms with Gasteiger partial charge in [0.05, 0.1) is 3.26 Å². The van der Waals surface area contributed by atoms with Gasteiger partial charge in [-0.2, -0.15) is 0 Å². The van der Waals surface area contributed by atoms with Crippen molar-refractivity contribution in [2.45, 2.75) is 21.5 Å². The van der Waals surface area contributed by atoms with Crippen LogP contribution >= 0.6 is 34.4 Å². The van der Waals surface area contributed by atoms with Crippen molar-refractivity contribution < 1.29 is 0 Å². The predicted molar refractivity (Wildman–Crippen MR) is 64.8 cm³/mol. The second-order valence-corrected chi connectivity index (χ2v) is 6.07. The third-order valence-electron chi connectivity index (χ3n) is 1.49. The maximum Gasteiger partial charge on any atom is 0.0609 e. The molecule has 0 saturated carbocycles. The zero-order valence-electron chi connectivity index (χ0n) is 6.96. The highest BCUT2D eigenvalue weighted by molar-refractivity contribution is 14.1. The monoisotopic (exact) mass is 293 g/mol. The molecule has 0 amide bonds. The van der Waals surface area contributed by atoms with Gasteiger partial charge in [0.2, 0.25) is 0 Å². The van der Waals surface area contributed by atoms with E-state index in [2.05, 4.69) is 35.6 Å². The summed E-state index contributed by atoms with van der Waals surface area (Å²) in [5.41, 5.74) is 6.69. The Bertz CT molecular complexity index is 252. The Balaban J connectivity index is 2.69. The smallest absolute Gasteiger partial charge is 0.0609 e. The van der Waals surface area contributed by atoms with Gasteiger partial charge in [0.15, 0.2) is 0 Å². The maximum atomic E-state index is 5.80. The fraction of sp³-hybridized carbons (Fsp3) is 0.333. The van der Waals surface area contributed by atoms with E-state index in [9.17, 15) is 0 Å². The molecule has 1 rings (SSSR count). The molecule has 3 heteroatoms. The summed E-state index contributed by atoms with van der Waals surface area (Å²) in [6.45, 7) is 2.18. The van der Waals surface area contributed by atoms with Gasteiger partial charge in [0.25, 0.3) is 0 Å². The molecule has 0 saturated heterocycles. The number of anilines is 1. The average molecular weight is 293 g/mol. The number of thioether (sulfide) groups is 1. The van der Waals surface area contributed by atoms with E-state index in [1.54, 1.807) is 0 Å². The molecule has 0 bridgehead atoms. The van der Waals surface area contributed by atoms with Gasteiger partial charge in [0.1, 0.15) is 0 Å². The Morgan fingerprint density at radius 2 is 2.17 bits per heavy atom. The lowest BCUT2D eigenvalue weighted by molar-refractivity contribution is 1.08. The molecule has 1 aromatic rings. The Hall–Kier alpha value is 0.100. The minimum atomic E-state index is 0.618. The molecule has 1 atom stereocenters. The van der Waals surface area contributed by atoms with Gasteiger partial charge in [-0.3, -0.25) is 0 Å². The summed E-state index contributed by atoms with van der Waals surface area (Å²) >= 11 is 4.26. The van der Waals surface area contributed by atoms with Crippen molar-refractivity contribution in [3.8, 4) is 0 Å². The molecule has 0 aliphatic rings. The molecular formula is C9H12INS. The minimum Gasteiger partial charge on any atom is -0.398 e. The van der Waals surface area contributed by atoms with Crippen molar-refractivity contribution in [3.63, 3.8) is 0 Å². The van der Waals surface area contributed by atoms with Crippen LogP contribution in [-0.2, 0) is 0 Å². The highest BCUT2D eigenvalue weighted by atomic mass is 127. The number of para-hydroxylation sites is 1. The van der Waals surface area contributed by atoms with Crippen LogP contribution in [-0.4, -0.2) is 3.26 Å². The highest BCUT2D eigenvalue weighted by Crippen LogP contribution is 2.32. The van der Waals surface area contributed by atoms with Gasteiger partial charge in [-0.15, -0.1) is 11.8 Å². The topological polar surface area (TPSA) is 26.0 Å². The van der Waals surface area contributed by atoms with Crippen LogP contribution in [0, 0.1) is 0 Å². The van der Waals surface area contributed by atoms with Crippen molar-refractivity contribution >= 4 is 40.0 Å². The van der Waals surface area contributed by atoms with E-state index in [0.717, 1.165) is 5.69 Å². The van der Waals surface area contributed by atoms with Gasteiger partial charge in [-0.05, 0) is 18.6 Å². The van der Waals surface area contributed by atoms with E-state index in [0.29, 0.717) is 3.26 Å². The summed E-state index contributed by atoms with van der Waals surface area (Å²) in [6, 6.07) is 8.01. The van der Waals surface area contributed by atoms with Gasteiger partial charge < -0.3 is 5.73 Å². The Morgan fingerprint density at radius 3 is 2.75 bits per heavy atom. The van der Waals surface area contributed by atoms with E-state index < -0.39 is 0 Å². The van der Waals surface area contributed by atoms with Gasteiger partial charge in [-0.1, -0.05) is 41.6 Å². The SMILES string of the molecule is CCC(I)Sc1ccccc1N. The van der Waals surface area contributed by atoms with E-state index in [-0.39, 0.29) is 0 Å². The van der Waals surface area contributed by atoms with E-state index in [1.165, 1.54) is 11.3 Å². The zero-order valence-corrected chi connectivity index (χ0v) is 9.93. The van der Waals surface area contributed by atoms with Crippen molar-refractivity contribution in [1.29, 1.82) is 0 Å². The molecule has 12 heavy (non-hydrogen) atoms. The summed E-state index contributed by atoms with van der Waals surface area (Å²) in [5, 5.41) is 0. The minimum absolute atomic E-state index is 0.618. The fourth-order valence-corrected chi connectivity index (χ4v) is 2.43. The molecule has 1 nitrogen and oxygen atoms in total. The first-order chi connectivity index (χ1) is 5.74. The lowest BCUT2D eigenvalue weighted by Gasteiger charge is -2.08. The first-order valence-corrected chi connectivity index (χ1v) is 6.01. The summed E-state index contributed by atoms with van der Waals surface area (Å²) in [5.74, 6) is 0. The number of halogens is 1. The largest absolute Gasteiger partial charge is 0.398 e. The molecular weight excluding hydrogens is 281 g/mol. The number of benzene rings is 1. The molecule has 0 fully saturated rings. The number of hydrogen-bond donors (Lipinski definition) is 1. The quantitative estimate of drug-likeness (QED) is 0.399. The van der Waals surface area contributed by atoms with Crippen LogP contribution in [0.1, 0.15) is 13.3 Å². The second-order valence-electron chi connectivity index (χ2n) is 2.47. The van der Waals surface area contributed by atoms with E-state index in [4.69, 9.17) is 5.73 Å². The number of alkyl halides is 1. The average Bonchev–Trinajstić information content (AvgIpc) is 2.09. The summed E-state index contributed by atoms with van der Waals surface area (Å²) in [7, 11) is 0. The third-order valence-corrected chi connectivity index (χ3v) is 4.35. The van der Waals surface area contributed by atoms with Crippen LogP contribution in [0.2, 0.25) is 0 Å². The molecule has 2 N–H and O–H groups in total. The Kier molecular flexibility index (Phi) is 4.21. The van der Waals surface area contributed by atoms with Crippen molar-refractivity contribution in [3.05, 3.63) is 24.3 Å². The molecule has 0 radical (unpaired) electrons.